The number of carbonyl (C=O) groups excluding carboxylic acids is 1. The van der Waals surface area contributed by atoms with Gasteiger partial charge in [0.2, 0.25) is 0 Å². The Hall–Kier alpha value is -1.30. The van der Waals surface area contributed by atoms with Crippen LogP contribution in [0.4, 0.5) is 5.69 Å². The predicted molar refractivity (Wildman–Crippen MR) is 84.8 cm³/mol. The van der Waals surface area contributed by atoms with Crippen LogP contribution in [0.5, 0.6) is 0 Å². The number of aliphatic hydroxyl groups excluding tert-OH is 1. The summed E-state index contributed by atoms with van der Waals surface area (Å²) in [6, 6.07) is 9.42. The average molecular weight is 328 g/mol. The van der Waals surface area contributed by atoms with Crippen molar-refractivity contribution in [2.45, 2.75) is 43.7 Å². The van der Waals surface area contributed by atoms with E-state index in [1.54, 1.807) is 12.0 Å². The molecule has 0 bridgehead atoms. The number of rotatable bonds is 7. The highest BCUT2D eigenvalue weighted by molar-refractivity contribution is 6.21. The number of nitrogens with zero attached hydrogens (tertiary/aromatic N) is 1. The fraction of sp³-hybridized carbons (Fsp3) is 0.562. The summed E-state index contributed by atoms with van der Waals surface area (Å²) in [6.07, 6.45) is 1.12. The fourth-order valence-electron chi connectivity index (χ4n) is 2.55. The minimum atomic E-state index is -0.638. The van der Waals surface area contributed by atoms with Gasteiger partial charge in [0.15, 0.2) is 6.10 Å². The first kappa shape index (κ1) is 17.1. The Balaban J connectivity index is 2.13. The van der Waals surface area contributed by atoms with Crippen LogP contribution in [-0.4, -0.2) is 41.8 Å². The highest BCUT2D eigenvalue weighted by atomic mass is 35.5. The lowest BCUT2D eigenvalue weighted by atomic mass is 10.0. The number of benzene rings is 1. The lowest BCUT2D eigenvalue weighted by Gasteiger charge is -2.27. The number of alkyl halides is 1. The maximum atomic E-state index is 11.9. The molecule has 1 N–H and O–H groups in total. The largest absolute Gasteiger partial charge is 0.464 e. The summed E-state index contributed by atoms with van der Waals surface area (Å²) < 4.78 is 5.05. The third-order valence-electron chi connectivity index (χ3n) is 3.61. The normalized spacial score (nSPS) is 22.6. The van der Waals surface area contributed by atoms with Crippen molar-refractivity contribution in [3.8, 4) is 0 Å². The van der Waals surface area contributed by atoms with Gasteiger partial charge < -0.3 is 9.84 Å². The van der Waals surface area contributed by atoms with Crippen LogP contribution in [0, 0.1) is 0 Å². The summed E-state index contributed by atoms with van der Waals surface area (Å²) in [7, 11) is 0. The van der Waals surface area contributed by atoms with Crippen molar-refractivity contribution >= 4 is 23.3 Å². The van der Waals surface area contributed by atoms with Gasteiger partial charge in [0.05, 0.1) is 23.7 Å². The van der Waals surface area contributed by atoms with E-state index in [0.29, 0.717) is 25.9 Å². The van der Waals surface area contributed by atoms with E-state index in [2.05, 4.69) is 0 Å². The molecule has 1 unspecified atom stereocenters. The van der Waals surface area contributed by atoms with Crippen LogP contribution in [-0.2, 0) is 14.4 Å². The van der Waals surface area contributed by atoms with Gasteiger partial charge in [-0.2, -0.15) is 0 Å². The van der Waals surface area contributed by atoms with Gasteiger partial charge in [0, 0.05) is 13.0 Å². The molecule has 0 aromatic heterocycles. The number of aliphatic hydroxyl groups is 1. The summed E-state index contributed by atoms with van der Waals surface area (Å²) in [5, 5.41) is 10.5. The molecule has 22 heavy (non-hydrogen) atoms. The second kappa shape index (κ2) is 8.36. The van der Waals surface area contributed by atoms with Crippen LogP contribution in [0.15, 0.2) is 30.3 Å². The predicted octanol–water partition coefficient (Wildman–Crippen LogP) is 2.51. The van der Waals surface area contributed by atoms with Gasteiger partial charge in [-0.1, -0.05) is 18.2 Å². The number of esters is 1. The second-order valence-corrected chi connectivity index (χ2v) is 5.75. The van der Waals surface area contributed by atoms with Gasteiger partial charge in [0.1, 0.15) is 0 Å². The Morgan fingerprint density at radius 3 is 2.86 bits per heavy atom. The molecule has 1 aromatic rings. The minimum absolute atomic E-state index is 0.101. The standard InChI is InChI=1S/C16H22ClNO4/c1-2-21-16(20)15-11-14(13(17)9-6-10-19)18(22-15)12-7-4-3-5-8-12/h3-5,7-8,13-15,19H,2,6,9-11H2,1H3/t13?,14-,15+/m0/s1. The van der Waals surface area contributed by atoms with E-state index in [-0.39, 0.29) is 24.0 Å². The third-order valence-corrected chi connectivity index (χ3v) is 4.12. The molecule has 0 amide bonds. The van der Waals surface area contributed by atoms with Crippen molar-refractivity contribution in [2.24, 2.45) is 0 Å². The van der Waals surface area contributed by atoms with Crippen LogP contribution >= 0.6 is 11.6 Å². The zero-order chi connectivity index (χ0) is 15.9. The Labute approximate surface area is 135 Å². The van der Waals surface area contributed by atoms with Crippen molar-refractivity contribution in [2.75, 3.05) is 18.3 Å². The molecule has 0 aliphatic carbocycles. The lowest BCUT2D eigenvalue weighted by Crippen LogP contribution is -2.35. The maximum absolute atomic E-state index is 11.9. The minimum Gasteiger partial charge on any atom is -0.464 e. The number of para-hydroxylation sites is 1. The quantitative estimate of drug-likeness (QED) is 0.616. The fourth-order valence-corrected chi connectivity index (χ4v) is 2.91. The van der Waals surface area contributed by atoms with Crippen molar-refractivity contribution < 1.29 is 19.5 Å². The molecule has 1 fully saturated rings. The molecule has 0 radical (unpaired) electrons. The van der Waals surface area contributed by atoms with Crippen molar-refractivity contribution in [3.05, 3.63) is 30.3 Å². The zero-order valence-electron chi connectivity index (χ0n) is 12.7. The molecular formula is C16H22ClNO4. The number of halogens is 1. The first-order valence-electron chi connectivity index (χ1n) is 7.60. The summed E-state index contributed by atoms with van der Waals surface area (Å²) in [6.45, 7) is 2.19. The number of anilines is 1. The Kier molecular flexibility index (Phi) is 6.49. The van der Waals surface area contributed by atoms with Crippen molar-refractivity contribution in [3.63, 3.8) is 0 Å². The van der Waals surface area contributed by atoms with Gasteiger partial charge in [-0.25, -0.2) is 9.86 Å². The molecular weight excluding hydrogens is 306 g/mol. The molecule has 0 spiro atoms. The molecule has 1 aliphatic rings. The molecule has 1 saturated heterocycles. The Morgan fingerprint density at radius 1 is 1.50 bits per heavy atom. The van der Waals surface area contributed by atoms with Crippen LogP contribution in [0.25, 0.3) is 0 Å². The molecule has 5 nitrogen and oxygen atoms in total. The molecule has 122 valence electrons. The van der Waals surface area contributed by atoms with Crippen LogP contribution in [0.2, 0.25) is 0 Å². The third kappa shape index (κ3) is 4.12. The van der Waals surface area contributed by atoms with Gasteiger partial charge in [-0.3, -0.25) is 4.84 Å². The summed E-state index contributed by atoms with van der Waals surface area (Å²) >= 11 is 6.47. The van der Waals surface area contributed by atoms with E-state index in [1.807, 2.05) is 30.3 Å². The van der Waals surface area contributed by atoms with Crippen molar-refractivity contribution in [1.29, 1.82) is 0 Å². The maximum Gasteiger partial charge on any atom is 0.338 e. The average Bonchev–Trinajstić information content (AvgIpc) is 2.99. The molecule has 6 heteroatoms. The summed E-state index contributed by atoms with van der Waals surface area (Å²) in [4.78, 5) is 17.7. The van der Waals surface area contributed by atoms with Crippen LogP contribution in [0.1, 0.15) is 26.2 Å². The second-order valence-electron chi connectivity index (χ2n) is 5.19. The van der Waals surface area contributed by atoms with Crippen molar-refractivity contribution in [1.82, 2.24) is 0 Å². The molecule has 0 saturated carbocycles. The first-order chi connectivity index (χ1) is 10.7. The topological polar surface area (TPSA) is 59.0 Å². The summed E-state index contributed by atoms with van der Waals surface area (Å²) in [5.74, 6) is -0.364. The molecule has 1 aliphatic heterocycles. The first-order valence-corrected chi connectivity index (χ1v) is 8.03. The van der Waals surface area contributed by atoms with E-state index in [9.17, 15) is 4.79 Å². The van der Waals surface area contributed by atoms with Gasteiger partial charge >= 0.3 is 5.97 Å². The van der Waals surface area contributed by atoms with E-state index < -0.39 is 6.10 Å². The SMILES string of the molecule is CCOC(=O)[C@H]1C[C@@H](C(Cl)CCCO)N(c2ccccc2)O1. The van der Waals surface area contributed by atoms with Crippen LogP contribution in [0.3, 0.4) is 0 Å². The summed E-state index contributed by atoms with van der Waals surface area (Å²) in [5.41, 5.74) is 0.856. The van der Waals surface area contributed by atoms with Gasteiger partial charge in [-0.05, 0) is 31.9 Å². The number of hydroxylamine groups is 1. The van der Waals surface area contributed by atoms with Crippen LogP contribution < -0.4 is 5.06 Å². The number of hydrogen-bond acceptors (Lipinski definition) is 5. The van der Waals surface area contributed by atoms with E-state index in [0.717, 1.165) is 5.69 Å². The number of ether oxygens (including phenoxy) is 1. The Morgan fingerprint density at radius 2 is 2.23 bits per heavy atom. The molecule has 3 atom stereocenters. The molecule has 1 heterocycles. The van der Waals surface area contributed by atoms with Gasteiger partial charge in [-0.15, -0.1) is 11.6 Å². The van der Waals surface area contributed by atoms with E-state index >= 15 is 0 Å². The smallest absolute Gasteiger partial charge is 0.338 e. The number of hydrogen-bond donors (Lipinski definition) is 1. The van der Waals surface area contributed by atoms with E-state index in [4.69, 9.17) is 26.3 Å². The number of carbonyl (C=O) groups is 1. The highest BCUT2D eigenvalue weighted by Crippen LogP contribution is 2.33. The highest BCUT2D eigenvalue weighted by Gasteiger charge is 2.42. The monoisotopic (exact) mass is 327 g/mol. The molecule has 1 aromatic carbocycles. The van der Waals surface area contributed by atoms with Gasteiger partial charge in [0.25, 0.3) is 0 Å². The van der Waals surface area contributed by atoms with E-state index in [1.165, 1.54) is 0 Å². The Bertz CT molecular complexity index is 470. The lowest BCUT2D eigenvalue weighted by molar-refractivity contribution is -0.154. The zero-order valence-corrected chi connectivity index (χ0v) is 13.4. The molecule has 2 rings (SSSR count).